The summed E-state index contributed by atoms with van der Waals surface area (Å²) in [4.78, 5) is 14.5. The van der Waals surface area contributed by atoms with Crippen LogP contribution in [-0.2, 0) is 4.74 Å². The van der Waals surface area contributed by atoms with E-state index < -0.39 is 5.60 Å². The van der Waals surface area contributed by atoms with Crippen molar-refractivity contribution in [2.45, 2.75) is 109 Å². The zero-order valence-electron chi connectivity index (χ0n) is 15.6. The Morgan fingerprint density at radius 2 is 1.78 bits per heavy atom. The molecule has 4 nitrogen and oxygen atoms in total. The van der Waals surface area contributed by atoms with Crippen LogP contribution in [0.4, 0.5) is 4.79 Å². The van der Waals surface area contributed by atoms with Gasteiger partial charge in [-0.05, 0) is 66.2 Å². The summed E-state index contributed by atoms with van der Waals surface area (Å²) in [6.07, 6.45) is 11.1. The lowest BCUT2D eigenvalue weighted by Gasteiger charge is -2.38. The Morgan fingerprint density at radius 3 is 2.43 bits per heavy atom. The zero-order valence-corrected chi connectivity index (χ0v) is 15.6. The molecule has 2 aliphatic rings. The van der Waals surface area contributed by atoms with Gasteiger partial charge in [0.05, 0.1) is 0 Å². The number of hydrogen-bond donors (Lipinski definition) is 1. The first-order valence-corrected chi connectivity index (χ1v) is 9.61. The lowest BCUT2D eigenvalue weighted by atomic mass is 9.93. The SMILES string of the molecule is CC(CC1CCCCN1C(=O)OC(C)(C)C)NC1CCCCC1. The maximum Gasteiger partial charge on any atom is 0.410 e. The van der Waals surface area contributed by atoms with Gasteiger partial charge in [0.2, 0.25) is 0 Å². The predicted molar refractivity (Wildman–Crippen MR) is 94.7 cm³/mol. The van der Waals surface area contributed by atoms with Gasteiger partial charge in [-0.1, -0.05) is 19.3 Å². The number of rotatable bonds is 4. The quantitative estimate of drug-likeness (QED) is 0.829. The highest BCUT2D eigenvalue weighted by Crippen LogP contribution is 2.24. The van der Waals surface area contributed by atoms with Gasteiger partial charge in [-0.3, -0.25) is 0 Å². The zero-order chi connectivity index (χ0) is 16.9. The van der Waals surface area contributed by atoms with Gasteiger partial charge in [0.25, 0.3) is 0 Å². The highest BCUT2D eigenvalue weighted by Gasteiger charge is 2.31. The van der Waals surface area contributed by atoms with Crippen LogP contribution < -0.4 is 5.32 Å². The van der Waals surface area contributed by atoms with E-state index in [0.717, 1.165) is 25.8 Å². The van der Waals surface area contributed by atoms with Crippen LogP contribution in [0.5, 0.6) is 0 Å². The standard InChI is InChI=1S/C19H36N2O2/c1-15(20-16-10-6-5-7-11-16)14-17-12-8-9-13-21(17)18(22)23-19(2,3)4/h15-17,20H,5-14H2,1-4H3. The summed E-state index contributed by atoms with van der Waals surface area (Å²) in [7, 11) is 0. The molecule has 1 saturated carbocycles. The molecule has 2 atom stereocenters. The molecule has 134 valence electrons. The summed E-state index contributed by atoms with van der Waals surface area (Å²) in [6.45, 7) is 8.94. The molecule has 1 heterocycles. The Hall–Kier alpha value is -0.770. The Kier molecular flexibility index (Phi) is 6.75. The van der Waals surface area contributed by atoms with Crippen LogP contribution in [0.2, 0.25) is 0 Å². The van der Waals surface area contributed by atoms with Gasteiger partial charge in [0.15, 0.2) is 0 Å². The first-order valence-electron chi connectivity index (χ1n) is 9.61. The number of likely N-dealkylation sites (tertiary alicyclic amines) is 1. The minimum atomic E-state index is -0.412. The van der Waals surface area contributed by atoms with E-state index in [1.165, 1.54) is 38.5 Å². The molecular formula is C19H36N2O2. The van der Waals surface area contributed by atoms with E-state index in [-0.39, 0.29) is 6.09 Å². The monoisotopic (exact) mass is 324 g/mol. The van der Waals surface area contributed by atoms with Crippen molar-refractivity contribution in [1.82, 2.24) is 10.2 Å². The Labute approximate surface area is 142 Å². The topological polar surface area (TPSA) is 41.6 Å². The smallest absolute Gasteiger partial charge is 0.410 e. The third kappa shape index (κ3) is 6.33. The van der Waals surface area contributed by atoms with E-state index in [0.29, 0.717) is 18.1 Å². The molecule has 23 heavy (non-hydrogen) atoms. The van der Waals surface area contributed by atoms with Crippen molar-refractivity contribution in [3.8, 4) is 0 Å². The van der Waals surface area contributed by atoms with Crippen molar-refractivity contribution in [1.29, 1.82) is 0 Å². The Morgan fingerprint density at radius 1 is 1.13 bits per heavy atom. The number of ether oxygens (including phenoxy) is 1. The normalized spacial score (nSPS) is 25.2. The first-order chi connectivity index (χ1) is 10.8. The third-order valence-corrected chi connectivity index (χ3v) is 5.01. The van der Waals surface area contributed by atoms with E-state index in [4.69, 9.17) is 4.74 Å². The summed E-state index contributed by atoms with van der Waals surface area (Å²) >= 11 is 0. The molecule has 2 unspecified atom stereocenters. The van der Waals surface area contributed by atoms with Crippen molar-refractivity contribution in [2.24, 2.45) is 0 Å². The molecule has 0 aromatic heterocycles. The summed E-state index contributed by atoms with van der Waals surface area (Å²) in [5.74, 6) is 0. The van der Waals surface area contributed by atoms with E-state index >= 15 is 0 Å². The molecule has 1 amide bonds. The molecule has 2 rings (SSSR count). The summed E-state index contributed by atoms with van der Waals surface area (Å²) in [5, 5.41) is 3.80. The van der Waals surface area contributed by atoms with Crippen LogP contribution in [0.1, 0.15) is 85.5 Å². The van der Waals surface area contributed by atoms with Crippen LogP contribution in [-0.4, -0.2) is 41.3 Å². The molecule has 2 fully saturated rings. The predicted octanol–water partition coefficient (Wildman–Crippen LogP) is 4.48. The fraction of sp³-hybridized carbons (Fsp3) is 0.947. The largest absolute Gasteiger partial charge is 0.444 e. The maximum absolute atomic E-state index is 12.5. The molecule has 1 N–H and O–H groups in total. The minimum absolute atomic E-state index is 0.132. The Balaban J connectivity index is 1.85. The molecule has 1 aliphatic heterocycles. The molecule has 1 saturated heterocycles. The summed E-state index contributed by atoms with van der Waals surface area (Å²) in [5.41, 5.74) is -0.412. The average Bonchev–Trinajstić information content (AvgIpc) is 2.47. The van der Waals surface area contributed by atoms with Gasteiger partial charge in [0, 0.05) is 24.7 Å². The van der Waals surface area contributed by atoms with Crippen LogP contribution in [0.25, 0.3) is 0 Å². The average molecular weight is 325 g/mol. The number of hydrogen-bond acceptors (Lipinski definition) is 3. The molecular weight excluding hydrogens is 288 g/mol. The molecule has 0 aromatic carbocycles. The highest BCUT2D eigenvalue weighted by atomic mass is 16.6. The Bertz CT molecular complexity index is 372. The van der Waals surface area contributed by atoms with Crippen molar-refractivity contribution in [2.75, 3.05) is 6.54 Å². The summed E-state index contributed by atoms with van der Waals surface area (Å²) < 4.78 is 5.61. The second kappa shape index (κ2) is 8.36. The van der Waals surface area contributed by atoms with E-state index in [2.05, 4.69) is 12.2 Å². The van der Waals surface area contributed by atoms with Gasteiger partial charge in [0.1, 0.15) is 5.60 Å². The maximum atomic E-state index is 12.5. The minimum Gasteiger partial charge on any atom is -0.444 e. The van der Waals surface area contributed by atoms with Crippen LogP contribution in [0, 0.1) is 0 Å². The number of carbonyl (C=O) groups excluding carboxylic acids is 1. The second-order valence-corrected chi connectivity index (χ2v) is 8.46. The van der Waals surface area contributed by atoms with E-state index in [1.54, 1.807) is 0 Å². The van der Waals surface area contributed by atoms with Crippen molar-refractivity contribution < 1.29 is 9.53 Å². The van der Waals surface area contributed by atoms with Crippen LogP contribution >= 0.6 is 0 Å². The molecule has 0 bridgehead atoms. The van der Waals surface area contributed by atoms with Crippen molar-refractivity contribution >= 4 is 6.09 Å². The van der Waals surface area contributed by atoms with E-state index in [1.807, 2.05) is 25.7 Å². The molecule has 0 spiro atoms. The van der Waals surface area contributed by atoms with Gasteiger partial charge >= 0.3 is 6.09 Å². The number of piperidine rings is 1. The number of nitrogens with zero attached hydrogens (tertiary/aromatic N) is 1. The second-order valence-electron chi connectivity index (χ2n) is 8.46. The van der Waals surface area contributed by atoms with E-state index in [9.17, 15) is 4.79 Å². The lowest BCUT2D eigenvalue weighted by molar-refractivity contribution is 0.00773. The highest BCUT2D eigenvalue weighted by molar-refractivity contribution is 5.68. The molecule has 0 aromatic rings. The van der Waals surface area contributed by atoms with Crippen LogP contribution in [0.15, 0.2) is 0 Å². The molecule has 4 heteroatoms. The van der Waals surface area contributed by atoms with Gasteiger partial charge in [-0.2, -0.15) is 0 Å². The van der Waals surface area contributed by atoms with Gasteiger partial charge < -0.3 is 15.0 Å². The van der Waals surface area contributed by atoms with Crippen molar-refractivity contribution in [3.63, 3.8) is 0 Å². The summed E-state index contributed by atoms with van der Waals surface area (Å²) in [6, 6.07) is 1.47. The number of nitrogens with one attached hydrogen (secondary N) is 1. The lowest BCUT2D eigenvalue weighted by Crippen LogP contribution is -2.49. The molecule has 0 radical (unpaired) electrons. The molecule has 1 aliphatic carbocycles. The van der Waals surface area contributed by atoms with Gasteiger partial charge in [-0.15, -0.1) is 0 Å². The fourth-order valence-corrected chi connectivity index (χ4v) is 3.95. The number of amides is 1. The van der Waals surface area contributed by atoms with Crippen LogP contribution in [0.3, 0.4) is 0 Å². The first kappa shape index (κ1) is 18.6. The van der Waals surface area contributed by atoms with Gasteiger partial charge in [-0.25, -0.2) is 4.79 Å². The number of carbonyl (C=O) groups is 1. The van der Waals surface area contributed by atoms with Crippen molar-refractivity contribution in [3.05, 3.63) is 0 Å². The third-order valence-electron chi connectivity index (χ3n) is 5.01. The fourth-order valence-electron chi connectivity index (χ4n) is 3.95.